The van der Waals surface area contributed by atoms with Crippen molar-refractivity contribution in [1.29, 1.82) is 0 Å². The Kier molecular flexibility index (Phi) is 5.02. The summed E-state index contributed by atoms with van der Waals surface area (Å²) in [6, 6.07) is 2.62. The molecule has 1 aliphatic heterocycles. The number of carbonyl (C=O) groups is 1. The fourth-order valence-electron chi connectivity index (χ4n) is 5.06. The number of piperidine rings is 1. The quantitative estimate of drug-likeness (QED) is 0.564. The zero-order chi connectivity index (χ0) is 22.6. The summed E-state index contributed by atoms with van der Waals surface area (Å²) in [6.45, 7) is 4.41. The lowest BCUT2D eigenvalue weighted by Crippen LogP contribution is -2.39. The number of rotatable bonds is 2. The number of carbonyl (C=O) groups excluding carboxylic acids is 1. The SMILES string of the molecule is Cc1cc(C(F)(F)F)n2nc([C@H]3CCCN(C(=O)c4c(C)oc5c4CCCC5)C3)cc2n1. The van der Waals surface area contributed by atoms with Crippen LogP contribution in [-0.2, 0) is 19.0 Å². The van der Waals surface area contributed by atoms with Crippen LogP contribution in [0.5, 0.6) is 0 Å². The minimum Gasteiger partial charge on any atom is -0.465 e. The van der Waals surface area contributed by atoms with Gasteiger partial charge in [-0.05, 0) is 52.0 Å². The van der Waals surface area contributed by atoms with Crippen molar-refractivity contribution >= 4 is 11.6 Å². The summed E-state index contributed by atoms with van der Waals surface area (Å²) in [5.74, 6) is 1.39. The van der Waals surface area contributed by atoms with Crippen LogP contribution in [0.2, 0.25) is 0 Å². The van der Waals surface area contributed by atoms with Crippen LogP contribution in [-0.4, -0.2) is 38.5 Å². The molecule has 0 radical (unpaired) electrons. The van der Waals surface area contributed by atoms with Gasteiger partial charge < -0.3 is 9.32 Å². The molecule has 0 N–H and O–H groups in total. The van der Waals surface area contributed by atoms with E-state index in [-0.39, 0.29) is 23.2 Å². The Hall–Kier alpha value is -2.84. The third kappa shape index (κ3) is 3.57. The first-order valence-corrected chi connectivity index (χ1v) is 11.1. The summed E-state index contributed by atoms with van der Waals surface area (Å²) in [5, 5.41) is 4.27. The van der Waals surface area contributed by atoms with Gasteiger partial charge >= 0.3 is 6.18 Å². The number of aryl methyl sites for hydroxylation is 3. The topological polar surface area (TPSA) is 63.6 Å². The van der Waals surface area contributed by atoms with Crippen LogP contribution in [0.3, 0.4) is 0 Å². The second kappa shape index (κ2) is 7.64. The highest BCUT2D eigenvalue weighted by Gasteiger charge is 2.36. The molecule has 3 aromatic rings. The third-order valence-electron chi connectivity index (χ3n) is 6.55. The number of amides is 1. The van der Waals surface area contributed by atoms with E-state index in [1.54, 1.807) is 11.0 Å². The van der Waals surface area contributed by atoms with E-state index in [0.29, 0.717) is 30.1 Å². The second-order valence-corrected chi connectivity index (χ2v) is 8.85. The van der Waals surface area contributed by atoms with Gasteiger partial charge in [-0.25, -0.2) is 9.50 Å². The maximum atomic E-state index is 13.5. The molecule has 1 saturated heterocycles. The molecule has 0 spiro atoms. The number of fused-ring (bicyclic) bond motifs is 2. The van der Waals surface area contributed by atoms with E-state index in [2.05, 4.69) is 10.1 Å². The molecule has 1 atom stereocenters. The molecular weight excluding hydrogens is 421 g/mol. The molecule has 5 rings (SSSR count). The third-order valence-corrected chi connectivity index (χ3v) is 6.55. The van der Waals surface area contributed by atoms with Crippen molar-refractivity contribution in [2.75, 3.05) is 13.1 Å². The molecule has 4 heterocycles. The van der Waals surface area contributed by atoms with Crippen molar-refractivity contribution in [2.45, 2.75) is 64.5 Å². The Labute approximate surface area is 183 Å². The standard InChI is InChI=1S/C23H25F3N4O2/c1-13-10-19(23(24,25)26)30-20(27-13)11-17(28-30)15-6-5-9-29(12-15)22(31)21-14(2)32-18-8-4-3-7-16(18)21/h10-11,15H,3-9,12H2,1-2H3/t15-/m0/s1. The van der Waals surface area contributed by atoms with Gasteiger partial charge in [0.15, 0.2) is 5.65 Å². The van der Waals surface area contributed by atoms with Crippen molar-refractivity contribution < 1.29 is 22.4 Å². The second-order valence-electron chi connectivity index (χ2n) is 8.85. The predicted octanol–water partition coefficient (Wildman–Crippen LogP) is 4.86. The number of nitrogens with zero attached hydrogens (tertiary/aromatic N) is 4. The van der Waals surface area contributed by atoms with E-state index in [1.807, 2.05) is 6.92 Å². The fourth-order valence-corrected chi connectivity index (χ4v) is 5.06. The Morgan fingerprint density at radius 3 is 2.72 bits per heavy atom. The van der Waals surface area contributed by atoms with Crippen LogP contribution in [0.1, 0.15) is 76.1 Å². The normalized spacial score (nSPS) is 19.4. The number of alkyl halides is 3. The first kappa shape index (κ1) is 21.0. The lowest BCUT2D eigenvalue weighted by atomic mass is 9.92. The van der Waals surface area contributed by atoms with Crippen LogP contribution in [0.25, 0.3) is 5.65 Å². The van der Waals surface area contributed by atoms with Gasteiger partial charge in [-0.2, -0.15) is 18.3 Å². The highest BCUT2D eigenvalue weighted by molar-refractivity contribution is 5.97. The van der Waals surface area contributed by atoms with Crippen LogP contribution in [0.15, 0.2) is 16.5 Å². The maximum absolute atomic E-state index is 13.5. The molecule has 1 fully saturated rings. The summed E-state index contributed by atoms with van der Waals surface area (Å²) < 4.78 is 47.3. The number of likely N-dealkylation sites (tertiary alicyclic amines) is 1. The number of halogens is 3. The summed E-state index contributed by atoms with van der Waals surface area (Å²) in [7, 11) is 0. The molecule has 1 aliphatic carbocycles. The molecule has 1 amide bonds. The van der Waals surface area contributed by atoms with Crippen molar-refractivity contribution in [3.8, 4) is 0 Å². The molecule has 0 saturated carbocycles. The zero-order valence-electron chi connectivity index (χ0n) is 18.1. The van der Waals surface area contributed by atoms with E-state index < -0.39 is 11.9 Å². The zero-order valence-corrected chi connectivity index (χ0v) is 18.1. The van der Waals surface area contributed by atoms with Crippen LogP contribution >= 0.6 is 0 Å². The van der Waals surface area contributed by atoms with Gasteiger partial charge in [-0.15, -0.1) is 0 Å². The van der Waals surface area contributed by atoms with Gasteiger partial charge in [0, 0.05) is 42.8 Å². The molecule has 9 heteroatoms. The van der Waals surface area contributed by atoms with Gasteiger partial charge in [-0.1, -0.05) is 0 Å². The van der Waals surface area contributed by atoms with Crippen molar-refractivity contribution in [2.24, 2.45) is 0 Å². The minimum atomic E-state index is -4.53. The van der Waals surface area contributed by atoms with Crippen LogP contribution in [0.4, 0.5) is 13.2 Å². The highest BCUT2D eigenvalue weighted by atomic mass is 19.4. The molecule has 6 nitrogen and oxygen atoms in total. The minimum absolute atomic E-state index is 0.0483. The molecular formula is C23H25F3N4O2. The van der Waals surface area contributed by atoms with Gasteiger partial charge in [0.25, 0.3) is 5.91 Å². The Morgan fingerprint density at radius 2 is 1.94 bits per heavy atom. The van der Waals surface area contributed by atoms with Crippen LogP contribution in [0, 0.1) is 13.8 Å². The molecule has 2 aliphatic rings. The van der Waals surface area contributed by atoms with Crippen molar-refractivity contribution in [3.63, 3.8) is 0 Å². The van der Waals surface area contributed by atoms with Crippen molar-refractivity contribution in [3.05, 3.63) is 51.9 Å². The fraction of sp³-hybridized carbons (Fsp3) is 0.522. The van der Waals surface area contributed by atoms with Gasteiger partial charge in [-0.3, -0.25) is 4.79 Å². The van der Waals surface area contributed by atoms with Crippen LogP contribution < -0.4 is 0 Å². The van der Waals surface area contributed by atoms with E-state index in [1.165, 1.54) is 6.92 Å². The Morgan fingerprint density at radius 1 is 1.16 bits per heavy atom. The number of hydrogen-bond donors (Lipinski definition) is 0. The molecule has 170 valence electrons. The largest absolute Gasteiger partial charge is 0.465 e. The van der Waals surface area contributed by atoms with Gasteiger partial charge in [0.1, 0.15) is 17.2 Å². The highest BCUT2D eigenvalue weighted by Crippen LogP contribution is 2.34. The monoisotopic (exact) mass is 446 g/mol. The first-order chi connectivity index (χ1) is 15.2. The van der Waals surface area contributed by atoms with E-state index in [0.717, 1.165) is 60.4 Å². The van der Waals surface area contributed by atoms with E-state index >= 15 is 0 Å². The summed E-state index contributed by atoms with van der Waals surface area (Å²) in [4.78, 5) is 19.4. The molecule has 0 bridgehead atoms. The van der Waals surface area contributed by atoms with E-state index in [4.69, 9.17) is 4.42 Å². The first-order valence-electron chi connectivity index (χ1n) is 11.1. The molecule has 32 heavy (non-hydrogen) atoms. The summed E-state index contributed by atoms with van der Waals surface area (Å²) in [5.41, 5.74) is 1.87. The lowest BCUT2D eigenvalue weighted by Gasteiger charge is -2.32. The number of furan rings is 1. The Balaban J connectivity index is 1.44. The smallest absolute Gasteiger partial charge is 0.433 e. The average molecular weight is 446 g/mol. The summed E-state index contributed by atoms with van der Waals surface area (Å²) >= 11 is 0. The molecule has 3 aromatic heterocycles. The predicted molar refractivity (Wildman–Crippen MR) is 111 cm³/mol. The average Bonchev–Trinajstić information content (AvgIpc) is 3.32. The van der Waals surface area contributed by atoms with Gasteiger partial charge in [0.2, 0.25) is 0 Å². The summed E-state index contributed by atoms with van der Waals surface area (Å²) in [6.07, 6.45) is 0.828. The van der Waals surface area contributed by atoms with E-state index in [9.17, 15) is 18.0 Å². The number of aromatic nitrogens is 3. The molecule has 0 unspecified atom stereocenters. The van der Waals surface area contributed by atoms with Gasteiger partial charge in [0.05, 0.1) is 11.3 Å². The lowest BCUT2D eigenvalue weighted by molar-refractivity contribution is -0.142. The Bertz CT molecular complexity index is 1190. The maximum Gasteiger partial charge on any atom is 0.433 e. The van der Waals surface area contributed by atoms with Crippen molar-refractivity contribution in [1.82, 2.24) is 19.5 Å². The molecule has 0 aromatic carbocycles. The number of hydrogen-bond acceptors (Lipinski definition) is 4.